The number of amides is 1. The van der Waals surface area contributed by atoms with Gasteiger partial charge in [0.05, 0.1) is 0 Å². The predicted octanol–water partition coefficient (Wildman–Crippen LogP) is 0.0775. The average molecular weight is 182 g/mol. The monoisotopic (exact) mass is 182 g/mol. The van der Waals surface area contributed by atoms with E-state index in [4.69, 9.17) is 9.26 Å². The molecule has 1 N–H and O–H groups in total. The van der Waals surface area contributed by atoms with Crippen LogP contribution < -0.4 is 5.43 Å². The summed E-state index contributed by atoms with van der Waals surface area (Å²) in [5.74, 6) is 0.679. The summed E-state index contributed by atoms with van der Waals surface area (Å²) in [6.07, 6.45) is -0.437. The second kappa shape index (κ2) is 1.76. The van der Waals surface area contributed by atoms with Gasteiger partial charge in [0.1, 0.15) is 6.61 Å². The van der Waals surface area contributed by atoms with Crippen LogP contribution in [0.2, 0.25) is 0 Å². The first-order valence-electron chi connectivity index (χ1n) is 3.78. The number of nitrogens with one attached hydrogen (secondary N) is 1. The van der Waals surface area contributed by atoms with E-state index in [9.17, 15) is 4.79 Å². The van der Waals surface area contributed by atoms with Crippen LogP contribution in [0.1, 0.15) is 12.8 Å². The molecule has 2 aliphatic rings. The Morgan fingerprint density at radius 3 is 3.38 bits per heavy atom. The van der Waals surface area contributed by atoms with Crippen LogP contribution in [-0.4, -0.2) is 27.8 Å². The second-order valence-corrected chi connectivity index (χ2v) is 3.20. The van der Waals surface area contributed by atoms with Crippen LogP contribution in [0.15, 0.2) is 4.52 Å². The van der Waals surface area contributed by atoms with E-state index in [1.165, 1.54) is 5.01 Å². The zero-order valence-electron chi connectivity index (χ0n) is 6.77. The van der Waals surface area contributed by atoms with Crippen LogP contribution in [0.25, 0.3) is 0 Å². The summed E-state index contributed by atoms with van der Waals surface area (Å²) >= 11 is 0. The van der Waals surface area contributed by atoms with E-state index in [2.05, 4.69) is 15.6 Å². The molecule has 1 atom stereocenters. The van der Waals surface area contributed by atoms with E-state index < -0.39 is 11.6 Å². The SMILES string of the molecule is CC12COC(=O)N1Nc1noc2n1. The fourth-order valence-electron chi connectivity index (χ4n) is 1.45. The van der Waals surface area contributed by atoms with E-state index in [0.717, 1.165) is 0 Å². The molecule has 13 heavy (non-hydrogen) atoms. The minimum Gasteiger partial charge on any atom is -0.445 e. The largest absolute Gasteiger partial charge is 0.445 e. The van der Waals surface area contributed by atoms with Crippen LogP contribution in [0.5, 0.6) is 0 Å². The van der Waals surface area contributed by atoms with Crippen molar-refractivity contribution in [1.29, 1.82) is 0 Å². The van der Waals surface area contributed by atoms with Gasteiger partial charge in [-0.15, -0.1) is 0 Å². The quantitative estimate of drug-likeness (QED) is 0.611. The number of cyclic esters (lactones) is 1. The lowest BCUT2D eigenvalue weighted by Crippen LogP contribution is -2.48. The van der Waals surface area contributed by atoms with Crippen LogP contribution in [0, 0.1) is 0 Å². The molecule has 7 nitrogen and oxygen atoms in total. The van der Waals surface area contributed by atoms with Crippen molar-refractivity contribution in [2.75, 3.05) is 12.0 Å². The molecule has 0 spiro atoms. The van der Waals surface area contributed by atoms with E-state index in [-0.39, 0.29) is 12.6 Å². The van der Waals surface area contributed by atoms with E-state index in [1.807, 2.05) is 0 Å². The molecular weight excluding hydrogens is 176 g/mol. The lowest BCUT2D eigenvalue weighted by atomic mass is 10.0. The van der Waals surface area contributed by atoms with Gasteiger partial charge in [-0.1, -0.05) is 0 Å². The highest BCUT2D eigenvalue weighted by Gasteiger charge is 2.53. The number of hydrogen-bond acceptors (Lipinski definition) is 6. The summed E-state index contributed by atoms with van der Waals surface area (Å²) in [6, 6.07) is 0. The lowest BCUT2D eigenvalue weighted by molar-refractivity contribution is 0.157. The van der Waals surface area contributed by atoms with E-state index >= 15 is 0 Å². The first-order chi connectivity index (χ1) is 6.20. The molecule has 0 aliphatic carbocycles. The number of hydrazine groups is 1. The van der Waals surface area contributed by atoms with Crippen LogP contribution in [0.4, 0.5) is 10.7 Å². The molecule has 0 radical (unpaired) electrons. The van der Waals surface area contributed by atoms with Gasteiger partial charge in [-0.05, 0) is 12.1 Å². The van der Waals surface area contributed by atoms with Gasteiger partial charge in [0.15, 0.2) is 5.54 Å². The number of carbonyl (C=O) groups is 1. The third-order valence-corrected chi connectivity index (χ3v) is 2.25. The Kier molecular flexibility index (Phi) is 0.904. The summed E-state index contributed by atoms with van der Waals surface area (Å²) in [6.45, 7) is 2.02. The zero-order valence-corrected chi connectivity index (χ0v) is 6.77. The van der Waals surface area contributed by atoms with Gasteiger partial charge in [0, 0.05) is 0 Å². The van der Waals surface area contributed by atoms with Crippen molar-refractivity contribution in [3.8, 4) is 0 Å². The molecule has 1 fully saturated rings. The molecule has 1 unspecified atom stereocenters. The number of anilines is 1. The molecule has 1 aromatic heterocycles. The molecule has 1 aromatic rings. The number of ether oxygens (including phenoxy) is 1. The Morgan fingerprint density at radius 2 is 2.54 bits per heavy atom. The molecule has 0 aromatic carbocycles. The number of aromatic nitrogens is 2. The molecule has 3 rings (SSSR count). The second-order valence-electron chi connectivity index (χ2n) is 3.20. The minimum absolute atomic E-state index is 0.223. The molecule has 68 valence electrons. The zero-order chi connectivity index (χ0) is 9.05. The van der Waals surface area contributed by atoms with Gasteiger partial charge < -0.3 is 9.26 Å². The first-order valence-corrected chi connectivity index (χ1v) is 3.78. The van der Waals surface area contributed by atoms with E-state index in [0.29, 0.717) is 5.89 Å². The van der Waals surface area contributed by atoms with Gasteiger partial charge in [0.2, 0.25) is 0 Å². The Labute approximate surface area is 72.6 Å². The van der Waals surface area contributed by atoms with Gasteiger partial charge >= 0.3 is 6.09 Å². The minimum atomic E-state index is -0.666. The molecule has 0 saturated carbocycles. The van der Waals surface area contributed by atoms with Gasteiger partial charge in [0.25, 0.3) is 11.8 Å². The van der Waals surface area contributed by atoms with Gasteiger partial charge in [-0.25, -0.2) is 4.79 Å². The van der Waals surface area contributed by atoms with Crippen molar-refractivity contribution in [3.05, 3.63) is 5.89 Å². The molecular formula is C6H6N4O3. The molecule has 3 heterocycles. The maximum absolute atomic E-state index is 11.2. The third-order valence-electron chi connectivity index (χ3n) is 2.25. The number of rotatable bonds is 0. The van der Waals surface area contributed by atoms with Crippen molar-refractivity contribution in [2.24, 2.45) is 0 Å². The maximum Gasteiger partial charge on any atom is 0.429 e. The first kappa shape index (κ1) is 6.70. The number of hydrogen-bond donors (Lipinski definition) is 1. The third kappa shape index (κ3) is 0.624. The average Bonchev–Trinajstić information content (AvgIpc) is 2.64. The highest BCUT2D eigenvalue weighted by molar-refractivity contribution is 5.73. The molecule has 7 heteroatoms. The number of carbonyl (C=O) groups excluding carboxylic acids is 1. The predicted molar refractivity (Wildman–Crippen MR) is 38.5 cm³/mol. The van der Waals surface area contributed by atoms with Crippen molar-refractivity contribution in [1.82, 2.24) is 15.1 Å². The summed E-state index contributed by atoms with van der Waals surface area (Å²) in [7, 11) is 0. The van der Waals surface area contributed by atoms with Crippen LogP contribution in [0.3, 0.4) is 0 Å². The van der Waals surface area contributed by atoms with Crippen molar-refractivity contribution < 1.29 is 14.1 Å². The Balaban J connectivity index is 2.18. The highest BCUT2D eigenvalue weighted by Crippen LogP contribution is 2.36. The summed E-state index contributed by atoms with van der Waals surface area (Å²) < 4.78 is 9.81. The Hall–Kier alpha value is -1.79. The standard InChI is InChI=1S/C6H6N4O3/c1-6-2-12-5(11)10(6)8-4-7-3(6)13-9-4/h2H2,1H3,(H,8,9). The smallest absolute Gasteiger partial charge is 0.429 e. The van der Waals surface area contributed by atoms with Crippen LogP contribution in [-0.2, 0) is 10.3 Å². The molecule has 2 aliphatic heterocycles. The topological polar surface area (TPSA) is 80.5 Å². The number of fused-ring (bicyclic) bond motifs is 4. The fraction of sp³-hybridized carbons (Fsp3) is 0.500. The fourth-order valence-corrected chi connectivity index (χ4v) is 1.45. The maximum atomic E-state index is 11.2. The van der Waals surface area contributed by atoms with Gasteiger partial charge in [-0.3, -0.25) is 5.43 Å². The lowest BCUT2D eigenvalue weighted by Gasteiger charge is -2.28. The van der Waals surface area contributed by atoms with Crippen molar-refractivity contribution in [2.45, 2.75) is 12.5 Å². The van der Waals surface area contributed by atoms with Crippen molar-refractivity contribution >= 4 is 12.0 Å². The summed E-state index contributed by atoms with van der Waals surface area (Å²) in [4.78, 5) is 15.2. The molecule has 2 bridgehead atoms. The van der Waals surface area contributed by atoms with Gasteiger partial charge in [-0.2, -0.15) is 9.99 Å². The number of nitrogens with zero attached hydrogens (tertiary/aromatic N) is 3. The van der Waals surface area contributed by atoms with Crippen LogP contribution >= 0.6 is 0 Å². The Morgan fingerprint density at radius 1 is 1.69 bits per heavy atom. The molecule has 1 saturated heterocycles. The van der Waals surface area contributed by atoms with Crippen molar-refractivity contribution in [3.63, 3.8) is 0 Å². The highest BCUT2D eigenvalue weighted by atomic mass is 16.6. The normalized spacial score (nSPS) is 29.6. The molecule has 1 amide bonds. The van der Waals surface area contributed by atoms with E-state index in [1.54, 1.807) is 6.92 Å². The Bertz CT molecular complexity index is 389. The summed E-state index contributed by atoms with van der Waals surface area (Å²) in [5.41, 5.74) is 2.03. The summed E-state index contributed by atoms with van der Waals surface area (Å²) in [5, 5.41) is 4.95.